The highest BCUT2D eigenvalue weighted by Crippen LogP contribution is 2.49. The average molecular weight is 392 g/mol. The predicted molar refractivity (Wildman–Crippen MR) is 104 cm³/mol. The molecular formula is C18H18ClN3O3S. The first-order chi connectivity index (χ1) is 12.4. The summed E-state index contributed by atoms with van der Waals surface area (Å²) in [5.41, 5.74) is 0.919. The molecule has 2 aromatic rings. The number of aromatic nitrogens is 1. The Morgan fingerprint density at radius 2 is 2.15 bits per heavy atom. The van der Waals surface area contributed by atoms with E-state index in [2.05, 4.69) is 15.6 Å². The summed E-state index contributed by atoms with van der Waals surface area (Å²) in [4.78, 5) is 15.8. The Balaban J connectivity index is 1.70. The molecule has 0 bridgehead atoms. The standard InChI is InChI=1S/C18H18ClN3O3S/c1-9(23)11-4-5-14(25-2)16(17(11)24)12-7-13(12)21-18(26)22-15-6-3-10(19)8-20-15/h3-6,8,12-13,24H,7H2,1-2H3,(H2,20,21,22,26)/t12-,13+/m0/s1. The van der Waals surface area contributed by atoms with Crippen LogP contribution < -0.4 is 15.4 Å². The van der Waals surface area contributed by atoms with Gasteiger partial charge < -0.3 is 20.5 Å². The van der Waals surface area contributed by atoms with Crippen molar-refractivity contribution >= 4 is 40.5 Å². The van der Waals surface area contributed by atoms with Crippen molar-refractivity contribution < 1.29 is 14.6 Å². The maximum Gasteiger partial charge on any atom is 0.172 e. The average Bonchev–Trinajstić information content (AvgIpc) is 3.34. The maximum absolute atomic E-state index is 11.7. The number of hydrogen-bond donors (Lipinski definition) is 3. The lowest BCUT2D eigenvalue weighted by Gasteiger charge is -2.14. The molecule has 0 amide bonds. The van der Waals surface area contributed by atoms with Crippen molar-refractivity contribution in [3.63, 3.8) is 0 Å². The van der Waals surface area contributed by atoms with Crippen molar-refractivity contribution in [2.24, 2.45) is 0 Å². The summed E-state index contributed by atoms with van der Waals surface area (Å²) in [6, 6.07) is 6.75. The lowest BCUT2D eigenvalue weighted by atomic mass is 10.0. The van der Waals surface area contributed by atoms with E-state index in [1.165, 1.54) is 20.2 Å². The number of ether oxygens (including phenoxy) is 1. The fraction of sp³-hybridized carbons (Fsp3) is 0.278. The maximum atomic E-state index is 11.7. The van der Waals surface area contributed by atoms with E-state index in [1.807, 2.05) is 0 Å². The van der Waals surface area contributed by atoms with E-state index >= 15 is 0 Å². The number of methoxy groups -OCH3 is 1. The van der Waals surface area contributed by atoms with Crippen LogP contribution in [0.5, 0.6) is 11.5 Å². The fourth-order valence-corrected chi connectivity index (χ4v) is 3.22. The molecule has 3 rings (SSSR count). The minimum atomic E-state index is -0.192. The molecule has 26 heavy (non-hydrogen) atoms. The van der Waals surface area contributed by atoms with Crippen molar-refractivity contribution in [3.05, 3.63) is 46.6 Å². The minimum Gasteiger partial charge on any atom is -0.507 e. The Labute approximate surface area is 161 Å². The van der Waals surface area contributed by atoms with Crippen molar-refractivity contribution in [2.45, 2.75) is 25.3 Å². The number of hydrogen-bond acceptors (Lipinski definition) is 5. The lowest BCUT2D eigenvalue weighted by molar-refractivity contribution is 0.101. The molecule has 3 N–H and O–H groups in total. The van der Waals surface area contributed by atoms with Gasteiger partial charge in [0.15, 0.2) is 10.9 Å². The number of phenolic OH excluding ortho intramolecular Hbond substituents is 1. The lowest BCUT2D eigenvalue weighted by Crippen LogP contribution is -2.31. The summed E-state index contributed by atoms with van der Waals surface area (Å²) in [5, 5.41) is 17.6. The second kappa shape index (κ2) is 7.47. The van der Waals surface area contributed by atoms with Crippen LogP contribution in [0, 0.1) is 0 Å². The van der Waals surface area contributed by atoms with Crippen LogP contribution >= 0.6 is 23.8 Å². The number of carbonyl (C=O) groups excluding carboxylic acids is 1. The summed E-state index contributed by atoms with van der Waals surface area (Å²) < 4.78 is 5.35. The SMILES string of the molecule is COc1ccc(C(C)=O)c(O)c1[C@H]1C[C@H]1NC(=S)Nc1ccc(Cl)cn1. The van der Waals surface area contributed by atoms with Crippen LogP contribution in [0.3, 0.4) is 0 Å². The molecule has 1 aromatic carbocycles. The summed E-state index contributed by atoms with van der Waals surface area (Å²) >= 11 is 11.1. The van der Waals surface area contributed by atoms with Gasteiger partial charge in [0.25, 0.3) is 0 Å². The molecule has 1 heterocycles. The number of ketones is 1. The molecule has 0 aliphatic heterocycles. The Kier molecular flexibility index (Phi) is 5.29. The molecule has 6 nitrogen and oxygen atoms in total. The Bertz CT molecular complexity index is 858. The minimum absolute atomic E-state index is 0.00202. The second-order valence-electron chi connectivity index (χ2n) is 6.04. The van der Waals surface area contributed by atoms with Crippen molar-refractivity contribution in [1.29, 1.82) is 0 Å². The molecule has 0 unspecified atom stereocenters. The topological polar surface area (TPSA) is 83.5 Å². The Morgan fingerprint density at radius 3 is 2.77 bits per heavy atom. The third-order valence-corrected chi connectivity index (χ3v) is 4.67. The third-order valence-electron chi connectivity index (χ3n) is 4.22. The largest absolute Gasteiger partial charge is 0.507 e. The van der Waals surface area contributed by atoms with Crippen LogP contribution in [0.25, 0.3) is 0 Å². The van der Waals surface area contributed by atoms with Gasteiger partial charge in [0.2, 0.25) is 0 Å². The monoisotopic (exact) mass is 391 g/mol. The molecule has 2 atom stereocenters. The predicted octanol–water partition coefficient (Wildman–Crippen LogP) is 3.49. The van der Waals surface area contributed by atoms with Crippen LogP contribution in [0.15, 0.2) is 30.5 Å². The molecule has 136 valence electrons. The number of nitrogens with zero attached hydrogens (tertiary/aromatic N) is 1. The van der Waals surface area contributed by atoms with Gasteiger partial charge in [0.1, 0.15) is 17.3 Å². The first kappa shape index (κ1) is 18.4. The molecule has 1 aliphatic carbocycles. The highest BCUT2D eigenvalue weighted by molar-refractivity contribution is 7.80. The van der Waals surface area contributed by atoms with E-state index in [9.17, 15) is 9.90 Å². The zero-order chi connectivity index (χ0) is 18.8. The van der Waals surface area contributed by atoms with E-state index < -0.39 is 0 Å². The summed E-state index contributed by atoms with van der Waals surface area (Å²) in [6.45, 7) is 1.42. The summed E-state index contributed by atoms with van der Waals surface area (Å²) in [5.74, 6) is 0.928. The van der Waals surface area contributed by atoms with Crippen molar-refractivity contribution in [1.82, 2.24) is 10.3 Å². The number of aromatic hydroxyl groups is 1. The van der Waals surface area contributed by atoms with Crippen LogP contribution in [0.2, 0.25) is 5.02 Å². The van der Waals surface area contributed by atoms with Crippen molar-refractivity contribution in [3.8, 4) is 11.5 Å². The Hall–Kier alpha value is -2.38. The summed E-state index contributed by atoms with van der Waals surface area (Å²) in [6.07, 6.45) is 2.30. The van der Waals surface area contributed by atoms with Crippen LogP contribution in [-0.2, 0) is 0 Å². The number of benzene rings is 1. The molecule has 1 aliphatic rings. The molecule has 0 spiro atoms. The van der Waals surface area contributed by atoms with E-state index in [-0.39, 0.29) is 29.1 Å². The van der Waals surface area contributed by atoms with Gasteiger partial charge in [-0.15, -0.1) is 0 Å². The van der Waals surface area contributed by atoms with Gasteiger partial charge >= 0.3 is 0 Å². The van der Waals surface area contributed by atoms with Crippen LogP contribution in [0.4, 0.5) is 5.82 Å². The van der Waals surface area contributed by atoms with Gasteiger partial charge in [-0.05, 0) is 49.8 Å². The smallest absolute Gasteiger partial charge is 0.172 e. The van der Waals surface area contributed by atoms with E-state index in [1.54, 1.807) is 24.3 Å². The number of rotatable bonds is 5. The van der Waals surface area contributed by atoms with Gasteiger partial charge in [-0.25, -0.2) is 4.98 Å². The third kappa shape index (κ3) is 3.89. The highest BCUT2D eigenvalue weighted by Gasteiger charge is 2.43. The molecule has 1 aromatic heterocycles. The zero-order valence-electron chi connectivity index (χ0n) is 14.2. The number of anilines is 1. The van der Waals surface area contributed by atoms with Gasteiger partial charge in [-0.2, -0.15) is 0 Å². The molecule has 0 saturated heterocycles. The second-order valence-corrected chi connectivity index (χ2v) is 6.89. The molecule has 1 fully saturated rings. The number of nitrogens with one attached hydrogen (secondary N) is 2. The molecule has 1 saturated carbocycles. The number of Topliss-reactive ketones (excluding diaryl/α,β-unsaturated/α-hetero) is 1. The van der Waals surface area contributed by atoms with E-state index in [0.717, 1.165) is 6.42 Å². The summed E-state index contributed by atoms with van der Waals surface area (Å²) in [7, 11) is 1.54. The number of carbonyl (C=O) groups is 1. The van der Waals surface area contributed by atoms with Crippen molar-refractivity contribution in [2.75, 3.05) is 12.4 Å². The first-order valence-corrected chi connectivity index (χ1v) is 8.79. The van der Waals surface area contributed by atoms with Gasteiger partial charge in [-0.3, -0.25) is 4.79 Å². The van der Waals surface area contributed by atoms with E-state index in [4.69, 9.17) is 28.6 Å². The fourth-order valence-electron chi connectivity index (χ4n) is 2.85. The Morgan fingerprint density at radius 1 is 1.38 bits per heavy atom. The van der Waals surface area contributed by atoms with Crippen LogP contribution in [0.1, 0.15) is 35.2 Å². The number of phenols is 1. The quantitative estimate of drug-likeness (QED) is 0.531. The highest BCUT2D eigenvalue weighted by atomic mass is 35.5. The van der Waals surface area contributed by atoms with Gasteiger partial charge in [-0.1, -0.05) is 11.6 Å². The number of pyridine rings is 1. The molecular weight excluding hydrogens is 374 g/mol. The van der Waals surface area contributed by atoms with Gasteiger partial charge in [0.05, 0.1) is 17.7 Å². The number of halogens is 1. The van der Waals surface area contributed by atoms with Gasteiger partial charge in [0, 0.05) is 23.7 Å². The molecule has 0 radical (unpaired) electrons. The number of thiocarbonyl (C=S) groups is 1. The van der Waals surface area contributed by atoms with E-state index in [0.29, 0.717) is 27.3 Å². The first-order valence-electron chi connectivity index (χ1n) is 8.00. The normalized spacial score (nSPS) is 18.1. The van der Waals surface area contributed by atoms with Crippen LogP contribution in [-0.4, -0.2) is 34.1 Å². The molecule has 8 heteroatoms. The zero-order valence-corrected chi connectivity index (χ0v) is 15.8.